The van der Waals surface area contributed by atoms with Crippen LogP contribution in [-0.4, -0.2) is 46.0 Å². The standard InChI is InChI=1S/C18H20ClNO5S/c1-20(2)26(22,23)17-9-7-16(8-10-17)24-11-12-25-18(21)13-14-3-5-15(19)6-4-14/h3-10H,11-13H2,1-2H3. The average molecular weight is 398 g/mol. The zero-order chi connectivity index (χ0) is 19.2. The quantitative estimate of drug-likeness (QED) is 0.506. The highest BCUT2D eigenvalue weighted by Gasteiger charge is 2.16. The van der Waals surface area contributed by atoms with Gasteiger partial charge in [-0.3, -0.25) is 4.79 Å². The van der Waals surface area contributed by atoms with Crippen LogP contribution < -0.4 is 4.74 Å². The first-order valence-electron chi connectivity index (χ1n) is 7.84. The molecule has 0 bridgehead atoms. The smallest absolute Gasteiger partial charge is 0.310 e. The number of rotatable bonds is 8. The van der Waals surface area contributed by atoms with Crippen LogP contribution >= 0.6 is 11.6 Å². The minimum atomic E-state index is -3.46. The van der Waals surface area contributed by atoms with E-state index in [-0.39, 0.29) is 30.5 Å². The third-order valence-electron chi connectivity index (χ3n) is 3.48. The summed E-state index contributed by atoms with van der Waals surface area (Å²) in [6.07, 6.45) is 0.161. The van der Waals surface area contributed by atoms with Crippen LogP contribution in [-0.2, 0) is 26.0 Å². The predicted molar refractivity (Wildman–Crippen MR) is 98.9 cm³/mol. The first-order chi connectivity index (χ1) is 12.3. The van der Waals surface area contributed by atoms with Crippen LogP contribution in [0.2, 0.25) is 5.02 Å². The summed E-state index contributed by atoms with van der Waals surface area (Å²) in [5, 5.41) is 0.611. The molecule has 0 N–H and O–H groups in total. The topological polar surface area (TPSA) is 72.9 Å². The van der Waals surface area contributed by atoms with E-state index in [1.54, 1.807) is 36.4 Å². The predicted octanol–water partition coefficient (Wildman–Crippen LogP) is 2.76. The molecule has 0 fully saturated rings. The van der Waals surface area contributed by atoms with E-state index in [4.69, 9.17) is 21.1 Å². The van der Waals surface area contributed by atoms with Crippen LogP contribution in [0.25, 0.3) is 0 Å². The van der Waals surface area contributed by atoms with Gasteiger partial charge in [0, 0.05) is 19.1 Å². The van der Waals surface area contributed by atoms with Crippen molar-refractivity contribution in [2.24, 2.45) is 0 Å². The van der Waals surface area contributed by atoms with Crippen LogP contribution in [0.15, 0.2) is 53.4 Å². The Kier molecular flexibility index (Phi) is 7.02. The van der Waals surface area contributed by atoms with Crippen LogP contribution in [0.3, 0.4) is 0 Å². The summed E-state index contributed by atoms with van der Waals surface area (Å²) < 4.78 is 35.6. The Hall–Kier alpha value is -2.09. The number of sulfonamides is 1. The highest BCUT2D eigenvalue weighted by atomic mass is 35.5. The molecule has 0 aliphatic carbocycles. The summed E-state index contributed by atoms with van der Waals surface area (Å²) in [4.78, 5) is 11.9. The fourth-order valence-corrected chi connectivity index (χ4v) is 3.08. The molecule has 2 aromatic carbocycles. The van der Waals surface area contributed by atoms with E-state index in [0.29, 0.717) is 10.8 Å². The Morgan fingerprint density at radius 3 is 2.19 bits per heavy atom. The third-order valence-corrected chi connectivity index (χ3v) is 5.56. The molecule has 0 radical (unpaired) electrons. The number of hydrogen-bond acceptors (Lipinski definition) is 5. The molecule has 0 aliphatic rings. The molecule has 140 valence electrons. The normalized spacial score (nSPS) is 11.4. The van der Waals surface area contributed by atoms with Crippen molar-refractivity contribution in [1.29, 1.82) is 0 Å². The number of nitrogens with zero attached hydrogens (tertiary/aromatic N) is 1. The van der Waals surface area contributed by atoms with Crippen LogP contribution in [0.5, 0.6) is 5.75 Å². The summed E-state index contributed by atoms with van der Waals surface area (Å²) in [6.45, 7) is 0.274. The molecule has 0 saturated heterocycles. The fourth-order valence-electron chi connectivity index (χ4n) is 2.05. The van der Waals surface area contributed by atoms with Crippen molar-refractivity contribution < 1.29 is 22.7 Å². The Bertz CT molecular complexity index is 833. The number of benzene rings is 2. The zero-order valence-electron chi connectivity index (χ0n) is 14.5. The second-order valence-corrected chi connectivity index (χ2v) is 8.22. The number of hydrogen-bond donors (Lipinski definition) is 0. The number of carbonyl (C=O) groups excluding carboxylic acids is 1. The van der Waals surface area contributed by atoms with Gasteiger partial charge in [0.25, 0.3) is 0 Å². The maximum atomic E-state index is 12.0. The van der Waals surface area contributed by atoms with Gasteiger partial charge in [-0.25, -0.2) is 12.7 Å². The van der Waals surface area contributed by atoms with Crippen molar-refractivity contribution in [2.45, 2.75) is 11.3 Å². The van der Waals surface area contributed by atoms with Gasteiger partial charge in [-0.1, -0.05) is 23.7 Å². The molecular weight excluding hydrogens is 378 g/mol. The number of ether oxygens (including phenoxy) is 2. The number of esters is 1. The Morgan fingerprint density at radius 2 is 1.62 bits per heavy atom. The van der Waals surface area contributed by atoms with Crippen molar-refractivity contribution in [3.8, 4) is 5.75 Å². The van der Waals surface area contributed by atoms with E-state index in [9.17, 15) is 13.2 Å². The molecule has 0 atom stereocenters. The summed E-state index contributed by atoms with van der Waals surface area (Å²) in [7, 11) is -0.522. The summed E-state index contributed by atoms with van der Waals surface area (Å²) in [6, 6.07) is 13.0. The summed E-state index contributed by atoms with van der Waals surface area (Å²) in [5.41, 5.74) is 0.818. The molecule has 2 rings (SSSR count). The van der Waals surface area contributed by atoms with Gasteiger partial charge in [-0.15, -0.1) is 0 Å². The largest absolute Gasteiger partial charge is 0.490 e. The Balaban J connectivity index is 1.76. The minimum Gasteiger partial charge on any atom is -0.490 e. The summed E-state index contributed by atoms with van der Waals surface area (Å²) >= 11 is 5.79. The zero-order valence-corrected chi connectivity index (χ0v) is 16.1. The van der Waals surface area contributed by atoms with Crippen molar-refractivity contribution in [3.05, 3.63) is 59.1 Å². The molecule has 2 aromatic rings. The monoisotopic (exact) mass is 397 g/mol. The Morgan fingerprint density at radius 1 is 1.00 bits per heavy atom. The van der Waals surface area contributed by atoms with Crippen LogP contribution in [0.1, 0.15) is 5.56 Å². The van der Waals surface area contributed by atoms with E-state index in [0.717, 1.165) is 9.87 Å². The van der Waals surface area contributed by atoms with Gasteiger partial charge in [0.2, 0.25) is 10.0 Å². The second-order valence-electron chi connectivity index (χ2n) is 5.63. The molecule has 0 heterocycles. The van der Waals surface area contributed by atoms with Crippen molar-refractivity contribution in [3.63, 3.8) is 0 Å². The van der Waals surface area contributed by atoms with Gasteiger partial charge in [0.05, 0.1) is 11.3 Å². The first-order valence-corrected chi connectivity index (χ1v) is 9.66. The van der Waals surface area contributed by atoms with Crippen molar-refractivity contribution >= 4 is 27.6 Å². The molecule has 26 heavy (non-hydrogen) atoms. The first kappa shape index (κ1) is 20.2. The van der Waals surface area contributed by atoms with Gasteiger partial charge in [-0.05, 0) is 42.0 Å². The Labute approximate surface area is 158 Å². The maximum Gasteiger partial charge on any atom is 0.310 e. The highest BCUT2D eigenvalue weighted by molar-refractivity contribution is 7.89. The molecule has 0 aromatic heterocycles. The van der Waals surface area contributed by atoms with E-state index in [2.05, 4.69) is 0 Å². The highest BCUT2D eigenvalue weighted by Crippen LogP contribution is 2.18. The van der Waals surface area contributed by atoms with Crippen LogP contribution in [0, 0.1) is 0 Å². The molecule has 0 unspecified atom stereocenters. The number of halogens is 1. The lowest BCUT2D eigenvalue weighted by Gasteiger charge is -2.12. The second kappa shape index (κ2) is 9.02. The van der Waals surface area contributed by atoms with Gasteiger partial charge < -0.3 is 9.47 Å². The third kappa shape index (κ3) is 5.72. The lowest BCUT2D eigenvalue weighted by molar-refractivity contribution is -0.143. The number of carbonyl (C=O) groups is 1. The fraction of sp³-hybridized carbons (Fsp3) is 0.278. The maximum absolute atomic E-state index is 12.0. The minimum absolute atomic E-state index is 0.101. The van der Waals surface area contributed by atoms with E-state index < -0.39 is 10.0 Å². The molecule has 0 aliphatic heterocycles. The summed E-state index contributed by atoms with van der Waals surface area (Å²) in [5.74, 6) is 0.139. The molecule has 0 saturated carbocycles. The van der Waals surface area contributed by atoms with E-state index in [1.165, 1.54) is 26.2 Å². The molecule has 8 heteroatoms. The molecule has 6 nitrogen and oxygen atoms in total. The molecule has 0 spiro atoms. The lowest BCUT2D eigenvalue weighted by atomic mass is 10.2. The van der Waals surface area contributed by atoms with Gasteiger partial charge in [0.15, 0.2) is 0 Å². The average Bonchev–Trinajstić information content (AvgIpc) is 2.61. The van der Waals surface area contributed by atoms with Crippen molar-refractivity contribution in [1.82, 2.24) is 4.31 Å². The van der Waals surface area contributed by atoms with E-state index in [1.807, 2.05) is 0 Å². The van der Waals surface area contributed by atoms with Gasteiger partial charge in [0.1, 0.15) is 19.0 Å². The van der Waals surface area contributed by atoms with Gasteiger partial charge >= 0.3 is 5.97 Å². The lowest BCUT2D eigenvalue weighted by Crippen LogP contribution is -2.22. The van der Waals surface area contributed by atoms with Gasteiger partial charge in [-0.2, -0.15) is 0 Å². The molecule has 0 amide bonds. The van der Waals surface area contributed by atoms with E-state index >= 15 is 0 Å². The molecular formula is C18H20ClNO5S. The van der Waals surface area contributed by atoms with Crippen LogP contribution in [0.4, 0.5) is 0 Å². The van der Waals surface area contributed by atoms with Crippen molar-refractivity contribution in [2.75, 3.05) is 27.3 Å². The SMILES string of the molecule is CN(C)S(=O)(=O)c1ccc(OCCOC(=O)Cc2ccc(Cl)cc2)cc1.